The molecule has 7 nitrogen and oxygen atoms in total. The van der Waals surface area contributed by atoms with Gasteiger partial charge in [-0.05, 0) is 11.6 Å². The Hall–Kier alpha value is -2.93. The second kappa shape index (κ2) is 6.31. The Balaban J connectivity index is 1.43. The Morgan fingerprint density at radius 3 is 2.79 bits per heavy atom. The summed E-state index contributed by atoms with van der Waals surface area (Å²) in [6.07, 6.45) is 2.43. The highest BCUT2D eigenvalue weighted by atomic mass is 16.5. The monoisotopic (exact) mass is 379 g/mol. The van der Waals surface area contributed by atoms with Gasteiger partial charge < -0.3 is 19.3 Å². The molecule has 28 heavy (non-hydrogen) atoms. The highest BCUT2D eigenvalue weighted by Crippen LogP contribution is 2.51. The number of likely N-dealkylation sites (tertiary alicyclic amines) is 1. The number of rotatable bonds is 3. The van der Waals surface area contributed by atoms with Gasteiger partial charge in [0.15, 0.2) is 5.72 Å². The molecule has 3 saturated heterocycles. The van der Waals surface area contributed by atoms with Crippen LogP contribution in [0.5, 0.6) is 5.88 Å². The van der Waals surface area contributed by atoms with Gasteiger partial charge in [-0.2, -0.15) is 0 Å². The SMILES string of the molecule is COc1ccc(C(=O)N2CC[C@@]34OC[C@@H](c5ccccc5)N3C(=O)C[C@@H]24)cn1. The number of hydrogen-bond donors (Lipinski definition) is 0. The van der Waals surface area contributed by atoms with Gasteiger partial charge in [0.1, 0.15) is 0 Å². The fourth-order valence-electron chi connectivity index (χ4n) is 4.80. The predicted octanol–water partition coefficient (Wildman–Crippen LogP) is 2.00. The number of carbonyl (C=O) groups excluding carboxylic acids is 2. The summed E-state index contributed by atoms with van der Waals surface area (Å²) in [7, 11) is 1.54. The molecule has 3 aliphatic rings. The van der Waals surface area contributed by atoms with Crippen LogP contribution < -0.4 is 4.74 Å². The van der Waals surface area contributed by atoms with Crippen LogP contribution in [0.2, 0.25) is 0 Å². The van der Waals surface area contributed by atoms with Crippen molar-refractivity contribution >= 4 is 11.8 Å². The van der Waals surface area contributed by atoms with Gasteiger partial charge in [-0.3, -0.25) is 9.59 Å². The van der Waals surface area contributed by atoms with Gasteiger partial charge in [0, 0.05) is 25.2 Å². The van der Waals surface area contributed by atoms with E-state index in [0.717, 1.165) is 5.56 Å². The van der Waals surface area contributed by atoms with Crippen molar-refractivity contribution in [3.63, 3.8) is 0 Å². The molecule has 0 bridgehead atoms. The van der Waals surface area contributed by atoms with Crippen LogP contribution in [0.4, 0.5) is 0 Å². The number of ether oxygens (including phenoxy) is 2. The molecular weight excluding hydrogens is 358 g/mol. The standard InChI is InChI=1S/C21H21N3O4/c1-27-18-8-7-15(12-22-18)20(26)23-10-9-21-17(23)11-19(25)24(21)16(13-28-21)14-5-3-2-4-6-14/h2-8,12,16-17H,9-11,13H2,1H3/t16-,17+,21-/m0/s1. The van der Waals surface area contributed by atoms with Gasteiger partial charge in [0.2, 0.25) is 11.8 Å². The van der Waals surface area contributed by atoms with Crippen LogP contribution in [-0.4, -0.2) is 58.6 Å². The Bertz CT molecular complexity index is 917. The third kappa shape index (κ3) is 2.36. The fraction of sp³-hybridized carbons (Fsp3) is 0.381. The molecule has 7 heteroatoms. The Morgan fingerprint density at radius 2 is 2.07 bits per heavy atom. The van der Waals surface area contributed by atoms with Gasteiger partial charge in [0.25, 0.3) is 5.91 Å². The average Bonchev–Trinajstić information content (AvgIpc) is 3.37. The van der Waals surface area contributed by atoms with E-state index in [1.807, 2.05) is 35.2 Å². The van der Waals surface area contributed by atoms with E-state index in [0.29, 0.717) is 37.4 Å². The number of benzene rings is 1. The number of pyridine rings is 1. The second-order valence-electron chi connectivity index (χ2n) is 7.40. The minimum atomic E-state index is -0.715. The number of nitrogens with zero attached hydrogens (tertiary/aromatic N) is 3. The summed E-state index contributed by atoms with van der Waals surface area (Å²) < 4.78 is 11.3. The van der Waals surface area contributed by atoms with Crippen molar-refractivity contribution in [2.45, 2.75) is 30.7 Å². The minimum Gasteiger partial charge on any atom is -0.481 e. The van der Waals surface area contributed by atoms with E-state index in [2.05, 4.69) is 4.98 Å². The lowest BCUT2D eigenvalue weighted by atomic mass is 10.0. The molecule has 2 aromatic rings. The number of hydrogen-bond acceptors (Lipinski definition) is 5. The summed E-state index contributed by atoms with van der Waals surface area (Å²) in [6, 6.07) is 12.9. The lowest BCUT2D eigenvalue weighted by Crippen LogP contribution is -2.49. The Labute approximate surface area is 162 Å². The van der Waals surface area contributed by atoms with Crippen LogP contribution in [0.15, 0.2) is 48.7 Å². The maximum atomic E-state index is 13.1. The van der Waals surface area contributed by atoms with Crippen molar-refractivity contribution in [2.24, 2.45) is 0 Å². The first-order chi connectivity index (χ1) is 13.6. The second-order valence-corrected chi connectivity index (χ2v) is 7.40. The molecule has 144 valence electrons. The summed E-state index contributed by atoms with van der Waals surface area (Å²) in [5.41, 5.74) is 0.839. The average molecular weight is 379 g/mol. The summed E-state index contributed by atoms with van der Waals surface area (Å²) in [6.45, 7) is 1.01. The van der Waals surface area contributed by atoms with Gasteiger partial charge in [-0.25, -0.2) is 4.98 Å². The first-order valence-electron chi connectivity index (χ1n) is 9.46. The third-order valence-corrected chi connectivity index (χ3v) is 6.09. The molecule has 2 amide bonds. The highest BCUT2D eigenvalue weighted by molar-refractivity contribution is 5.95. The van der Waals surface area contributed by atoms with E-state index in [9.17, 15) is 9.59 Å². The van der Waals surface area contributed by atoms with Crippen LogP contribution in [0.3, 0.4) is 0 Å². The highest BCUT2D eigenvalue weighted by Gasteiger charge is 2.65. The van der Waals surface area contributed by atoms with Crippen LogP contribution >= 0.6 is 0 Å². The van der Waals surface area contributed by atoms with Crippen molar-refractivity contribution < 1.29 is 19.1 Å². The topological polar surface area (TPSA) is 72.0 Å². The molecule has 5 rings (SSSR count). The lowest BCUT2D eigenvalue weighted by molar-refractivity contribution is -0.138. The first kappa shape index (κ1) is 17.2. The van der Waals surface area contributed by atoms with Gasteiger partial charge in [0.05, 0.1) is 37.8 Å². The quantitative estimate of drug-likeness (QED) is 0.816. The molecule has 3 fully saturated rings. The van der Waals surface area contributed by atoms with Crippen molar-refractivity contribution in [3.05, 3.63) is 59.8 Å². The molecule has 0 saturated carbocycles. The summed E-state index contributed by atoms with van der Waals surface area (Å²) >= 11 is 0. The van der Waals surface area contributed by atoms with E-state index in [-0.39, 0.29) is 23.9 Å². The van der Waals surface area contributed by atoms with E-state index in [4.69, 9.17) is 9.47 Å². The summed E-state index contributed by atoms with van der Waals surface area (Å²) in [4.78, 5) is 33.8. The van der Waals surface area contributed by atoms with Gasteiger partial charge >= 0.3 is 0 Å². The lowest BCUT2D eigenvalue weighted by Gasteiger charge is -2.33. The van der Waals surface area contributed by atoms with E-state index >= 15 is 0 Å². The zero-order chi connectivity index (χ0) is 19.3. The largest absolute Gasteiger partial charge is 0.481 e. The predicted molar refractivity (Wildman–Crippen MR) is 99.6 cm³/mol. The molecule has 3 atom stereocenters. The number of carbonyl (C=O) groups is 2. The molecule has 0 radical (unpaired) electrons. The number of methoxy groups -OCH3 is 1. The zero-order valence-electron chi connectivity index (χ0n) is 15.6. The summed E-state index contributed by atoms with van der Waals surface area (Å²) in [5, 5.41) is 0. The molecule has 1 spiro atoms. The van der Waals surface area contributed by atoms with Crippen LogP contribution in [0.1, 0.15) is 34.8 Å². The number of amides is 2. The van der Waals surface area contributed by atoms with Crippen molar-refractivity contribution in [1.82, 2.24) is 14.8 Å². The molecule has 1 aromatic heterocycles. The van der Waals surface area contributed by atoms with Crippen molar-refractivity contribution in [2.75, 3.05) is 20.3 Å². The van der Waals surface area contributed by atoms with Crippen LogP contribution in [0, 0.1) is 0 Å². The third-order valence-electron chi connectivity index (χ3n) is 6.09. The smallest absolute Gasteiger partial charge is 0.255 e. The van der Waals surface area contributed by atoms with Crippen molar-refractivity contribution in [1.29, 1.82) is 0 Å². The van der Waals surface area contributed by atoms with Crippen LogP contribution in [-0.2, 0) is 9.53 Å². The molecule has 4 heterocycles. The maximum absolute atomic E-state index is 13.1. The Kier molecular flexibility index (Phi) is 3.87. The molecule has 3 aliphatic heterocycles. The normalized spacial score (nSPS) is 28.4. The molecule has 0 unspecified atom stereocenters. The summed E-state index contributed by atoms with van der Waals surface area (Å²) in [5.74, 6) is 0.377. The van der Waals surface area contributed by atoms with E-state index in [1.54, 1.807) is 17.0 Å². The Morgan fingerprint density at radius 1 is 1.25 bits per heavy atom. The molecule has 0 aliphatic carbocycles. The van der Waals surface area contributed by atoms with Crippen LogP contribution in [0.25, 0.3) is 0 Å². The zero-order valence-corrected chi connectivity index (χ0v) is 15.6. The minimum absolute atomic E-state index is 0.0432. The molecular formula is C21H21N3O4. The number of aromatic nitrogens is 1. The van der Waals surface area contributed by atoms with E-state index in [1.165, 1.54) is 13.3 Å². The maximum Gasteiger partial charge on any atom is 0.255 e. The van der Waals surface area contributed by atoms with Crippen molar-refractivity contribution in [3.8, 4) is 5.88 Å². The van der Waals surface area contributed by atoms with Gasteiger partial charge in [-0.1, -0.05) is 30.3 Å². The van der Waals surface area contributed by atoms with E-state index < -0.39 is 5.72 Å². The molecule has 0 N–H and O–H groups in total. The molecule has 1 aromatic carbocycles. The fourth-order valence-corrected chi connectivity index (χ4v) is 4.80. The van der Waals surface area contributed by atoms with Gasteiger partial charge in [-0.15, -0.1) is 0 Å². The first-order valence-corrected chi connectivity index (χ1v) is 9.46.